The Balaban J connectivity index is 1.19. The Kier molecular flexibility index (Phi) is 8.37. The molecule has 0 amide bonds. The van der Waals surface area contributed by atoms with Crippen molar-refractivity contribution in [2.45, 2.75) is 36.9 Å². The Bertz CT molecular complexity index is 1740. The summed E-state index contributed by atoms with van der Waals surface area (Å²) in [5.74, 6) is -4.35. The molecule has 3 aromatic rings. The number of halogens is 1. The number of nitrogen functional groups attached to an aromatic ring is 1. The molecule has 6 atom stereocenters. The number of nitrogens with two attached hydrogens (primary N) is 1. The number of hydrogen-bond donors (Lipinski definition) is 4. The number of carbonyl (C=O) groups is 3. The molecule has 0 spiro atoms. The Morgan fingerprint density at radius 3 is 2.58 bits per heavy atom. The number of aliphatic carboxylic acids is 2. The van der Waals surface area contributed by atoms with E-state index in [1.54, 1.807) is 0 Å². The van der Waals surface area contributed by atoms with Crippen molar-refractivity contribution < 1.29 is 66.8 Å². The van der Waals surface area contributed by atoms with Gasteiger partial charge < -0.3 is 40.0 Å². The molecule has 3 aliphatic rings. The molecule has 0 radical (unpaired) electrons. The molecule has 0 aliphatic carbocycles. The van der Waals surface area contributed by atoms with Crippen LogP contribution in [-0.2, 0) is 37.3 Å². The molecule has 21 heteroatoms. The maximum atomic E-state index is 13.5. The van der Waals surface area contributed by atoms with Crippen molar-refractivity contribution in [3.05, 3.63) is 28.8 Å². The average Bonchev–Trinajstić information content (AvgIpc) is 3.49. The first-order valence-electron chi connectivity index (χ1n) is 13.0. The molecule has 5 heterocycles. The van der Waals surface area contributed by atoms with Crippen LogP contribution >= 0.6 is 23.8 Å². The van der Waals surface area contributed by atoms with Gasteiger partial charge in [-0.3, -0.25) is 22.9 Å². The van der Waals surface area contributed by atoms with Crippen molar-refractivity contribution >= 4 is 58.6 Å². The number of ether oxygens (including phenoxy) is 4. The second kappa shape index (κ2) is 12.1. The van der Waals surface area contributed by atoms with Gasteiger partial charge in [0.1, 0.15) is 30.4 Å². The lowest BCUT2D eigenvalue weighted by atomic mass is 9.93. The standard InChI is InChI=1S/C24H23BrN5O14P/c25-24-29-18-21(26)27-8-28-22(18)30(24)23-19(36)20-14(43-23)5-41-45(37,44-20)40-4-9-1-17(35)42-11-3-13(39-7-16(33)34)12(2-10(9)11)38-6-15(31)32/h2-3,8-9,14,19-20,23,36H,1,4-7H2,(H,31,32)(H,33,34)(H2,26,27,28). The summed E-state index contributed by atoms with van der Waals surface area (Å²) >= 11 is 3.31. The number of aliphatic hydroxyl groups excluding tert-OH is 1. The first kappa shape index (κ1) is 31.1. The van der Waals surface area contributed by atoms with Crippen molar-refractivity contribution in [1.82, 2.24) is 19.5 Å². The van der Waals surface area contributed by atoms with Crippen molar-refractivity contribution in [1.29, 1.82) is 0 Å². The van der Waals surface area contributed by atoms with E-state index < -0.39 is 76.0 Å². The quantitative estimate of drug-likeness (QED) is 0.0986. The predicted octanol–water partition coefficient (Wildman–Crippen LogP) is 0.989. The van der Waals surface area contributed by atoms with Gasteiger partial charge in [-0.2, -0.15) is 0 Å². The Morgan fingerprint density at radius 1 is 1.16 bits per heavy atom. The van der Waals surface area contributed by atoms with Gasteiger partial charge in [0.15, 0.2) is 52.7 Å². The molecular formula is C24H23BrN5O14P. The molecule has 240 valence electrons. The van der Waals surface area contributed by atoms with Gasteiger partial charge in [-0.05, 0) is 22.0 Å². The largest absolute Gasteiger partial charge is 0.479 e. The average molecular weight is 716 g/mol. The Labute approximate surface area is 259 Å². The molecule has 2 saturated heterocycles. The summed E-state index contributed by atoms with van der Waals surface area (Å²) < 4.78 is 53.5. The normalized spacial score (nSPS) is 27.4. The highest BCUT2D eigenvalue weighted by atomic mass is 79.9. The third-order valence-corrected chi connectivity index (χ3v) is 8.95. The number of benzene rings is 1. The van der Waals surface area contributed by atoms with Crippen molar-refractivity contribution in [3.8, 4) is 17.2 Å². The fourth-order valence-electron chi connectivity index (χ4n) is 5.01. The maximum Gasteiger partial charge on any atom is 0.475 e. The third-order valence-electron chi connectivity index (χ3n) is 6.96. The minimum absolute atomic E-state index is 0.0308. The van der Waals surface area contributed by atoms with Crippen LogP contribution in [0.25, 0.3) is 11.2 Å². The van der Waals surface area contributed by atoms with E-state index >= 15 is 0 Å². The molecular weight excluding hydrogens is 693 g/mol. The highest BCUT2D eigenvalue weighted by Gasteiger charge is 2.54. The first-order chi connectivity index (χ1) is 21.4. The number of aromatic nitrogens is 4. The number of phosphoric acid groups is 1. The smallest absolute Gasteiger partial charge is 0.475 e. The highest BCUT2D eigenvalue weighted by Crippen LogP contribution is 2.58. The topological polar surface area (TPSA) is 263 Å². The Morgan fingerprint density at radius 2 is 1.87 bits per heavy atom. The second-order valence-electron chi connectivity index (χ2n) is 9.92. The summed E-state index contributed by atoms with van der Waals surface area (Å²) in [6.45, 7) is -2.24. The summed E-state index contributed by atoms with van der Waals surface area (Å²) in [5, 5.41) is 29.2. The molecule has 19 nitrogen and oxygen atoms in total. The summed E-state index contributed by atoms with van der Waals surface area (Å²) in [5.41, 5.74) is 6.72. The zero-order valence-electron chi connectivity index (χ0n) is 22.7. The van der Waals surface area contributed by atoms with E-state index in [1.165, 1.54) is 23.0 Å². The molecule has 0 saturated carbocycles. The van der Waals surface area contributed by atoms with E-state index in [2.05, 4.69) is 30.9 Å². The number of anilines is 1. The predicted molar refractivity (Wildman–Crippen MR) is 147 cm³/mol. The van der Waals surface area contributed by atoms with Crippen LogP contribution in [0.5, 0.6) is 17.2 Å². The van der Waals surface area contributed by atoms with Gasteiger partial charge in [0.05, 0.1) is 19.6 Å². The first-order valence-corrected chi connectivity index (χ1v) is 15.3. The number of hydrogen-bond acceptors (Lipinski definition) is 16. The highest BCUT2D eigenvalue weighted by molar-refractivity contribution is 9.10. The Hall–Kier alpha value is -3.91. The second-order valence-corrected chi connectivity index (χ2v) is 12.3. The van der Waals surface area contributed by atoms with Crippen LogP contribution in [0.15, 0.2) is 23.2 Å². The van der Waals surface area contributed by atoms with Gasteiger partial charge in [0.25, 0.3) is 0 Å². The van der Waals surface area contributed by atoms with Gasteiger partial charge in [0, 0.05) is 17.5 Å². The number of nitrogens with zero attached hydrogens (tertiary/aromatic N) is 4. The van der Waals surface area contributed by atoms with Crippen LogP contribution < -0.4 is 19.9 Å². The van der Waals surface area contributed by atoms with Crippen LogP contribution in [-0.4, -0.2) is 97.5 Å². The molecule has 6 rings (SSSR count). The minimum Gasteiger partial charge on any atom is -0.479 e. The van der Waals surface area contributed by atoms with E-state index in [9.17, 15) is 24.1 Å². The molecule has 2 aromatic heterocycles. The number of carboxylic acids is 2. The lowest BCUT2D eigenvalue weighted by Crippen LogP contribution is -2.39. The number of phosphoric ester groups is 1. The van der Waals surface area contributed by atoms with Gasteiger partial charge in [-0.1, -0.05) is 0 Å². The molecule has 3 aliphatic heterocycles. The van der Waals surface area contributed by atoms with Crippen molar-refractivity contribution in [2.75, 3.05) is 32.2 Å². The summed E-state index contributed by atoms with van der Waals surface area (Å²) in [6, 6.07) is 2.50. The number of carboxylic acid groups (broad SMARTS) is 2. The van der Waals surface area contributed by atoms with E-state index in [0.29, 0.717) is 5.56 Å². The molecule has 0 bridgehead atoms. The summed E-state index contributed by atoms with van der Waals surface area (Å²) in [4.78, 5) is 46.8. The molecule has 6 unspecified atom stereocenters. The van der Waals surface area contributed by atoms with Crippen LogP contribution in [0.1, 0.15) is 24.1 Å². The zero-order valence-corrected chi connectivity index (χ0v) is 25.2. The zero-order chi connectivity index (χ0) is 32.0. The SMILES string of the molecule is Nc1ncnc2c1nc(Br)n2C1OC2COP(=O)(OCC3CC(=O)Oc4cc(OCC(=O)O)c(OCC(=O)O)cc43)OC2C1O. The molecule has 45 heavy (non-hydrogen) atoms. The number of imidazole rings is 1. The van der Waals surface area contributed by atoms with Gasteiger partial charge >= 0.3 is 25.7 Å². The third kappa shape index (κ3) is 6.17. The van der Waals surface area contributed by atoms with Crippen LogP contribution in [0.2, 0.25) is 0 Å². The van der Waals surface area contributed by atoms with Gasteiger partial charge in [0.2, 0.25) is 0 Å². The van der Waals surface area contributed by atoms with E-state index in [0.717, 1.165) is 0 Å². The van der Waals surface area contributed by atoms with E-state index in [4.69, 9.17) is 48.5 Å². The van der Waals surface area contributed by atoms with Gasteiger partial charge in [-0.15, -0.1) is 0 Å². The number of esters is 1. The van der Waals surface area contributed by atoms with Crippen molar-refractivity contribution in [2.24, 2.45) is 0 Å². The summed E-state index contributed by atoms with van der Waals surface area (Å²) in [6.07, 6.45) is -3.51. The number of fused-ring (bicyclic) bond motifs is 3. The maximum absolute atomic E-state index is 13.5. The number of carbonyl (C=O) groups excluding carboxylic acids is 1. The van der Waals surface area contributed by atoms with Crippen LogP contribution in [0.4, 0.5) is 5.82 Å². The van der Waals surface area contributed by atoms with Crippen LogP contribution in [0, 0.1) is 0 Å². The van der Waals surface area contributed by atoms with Crippen LogP contribution in [0.3, 0.4) is 0 Å². The molecule has 2 fully saturated rings. The fraction of sp³-hybridized carbons (Fsp3) is 0.417. The van der Waals surface area contributed by atoms with Gasteiger partial charge in [-0.25, -0.2) is 29.1 Å². The summed E-state index contributed by atoms with van der Waals surface area (Å²) in [7, 11) is -4.33. The molecule has 5 N–H and O–H groups in total. The number of aliphatic hydroxyl groups is 1. The number of rotatable bonds is 10. The lowest BCUT2D eigenvalue weighted by Gasteiger charge is -2.32. The van der Waals surface area contributed by atoms with Crippen molar-refractivity contribution in [3.63, 3.8) is 0 Å². The minimum atomic E-state index is -4.33. The lowest BCUT2D eigenvalue weighted by molar-refractivity contribution is -0.140. The fourth-order valence-corrected chi connectivity index (χ4v) is 7.00. The monoisotopic (exact) mass is 715 g/mol. The van der Waals surface area contributed by atoms with E-state index in [-0.39, 0.29) is 52.0 Å². The molecule has 1 aromatic carbocycles. The van der Waals surface area contributed by atoms with E-state index in [1.807, 2.05) is 0 Å².